The summed E-state index contributed by atoms with van der Waals surface area (Å²) in [5.74, 6) is 2.01. The van der Waals surface area contributed by atoms with E-state index in [1.807, 2.05) is 16.8 Å². The average molecular weight is 357 g/mol. The van der Waals surface area contributed by atoms with Crippen molar-refractivity contribution in [2.45, 2.75) is 31.7 Å². The first-order valence-electron chi connectivity index (χ1n) is 8.94. The number of rotatable bonds is 4. The van der Waals surface area contributed by atoms with Crippen LogP contribution in [0.5, 0.6) is 0 Å². The van der Waals surface area contributed by atoms with Crippen LogP contribution in [0.2, 0.25) is 0 Å². The average Bonchev–Trinajstić information content (AvgIpc) is 3.36. The van der Waals surface area contributed by atoms with E-state index in [1.54, 1.807) is 17.7 Å². The minimum atomic E-state index is 0.0218. The van der Waals surface area contributed by atoms with Crippen LogP contribution in [-0.4, -0.2) is 48.1 Å². The Kier molecular flexibility index (Phi) is 4.83. The van der Waals surface area contributed by atoms with Gasteiger partial charge in [-0.15, -0.1) is 0 Å². The number of amides is 1. The van der Waals surface area contributed by atoms with Crippen molar-refractivity contribution in [2.24, 2.45) is 0 Å². The van der Waals surface area contributed by atoms with Crippen molar-refractivity contribution in [3.8, 4) is 0 Å². The molecule has 0 radical (unpaired) electrons. The molecule has 2 saturated heterocycles. The molecule has 1 atom stereocenters. The van der Waals surface area contributed by atoms with Gasteiger partial charge in [-0.1, -0.05) is 0 Å². The third kappa shape index (κ3) is 3.76. The lowest BCUT2D eigenvalue weighted by molar-refractivity contribution is 0.0933. The normalized spacial score (nSPS) is 20.7. The molecule has 4 rings (SSSR count). The first kappa shape index (κ1) is 16.3. The molecule has 4 heterocycles. The summed E-state index contributed by atoms with van der Waals surface area (Å²) < 4.78 is 0. The summed E-state index contributed by atoms with van der Waals surface area (Å²) in [4.78, 5) is 25.8. The van der Waals surface area contributed by atoms with Crippen molar-refractivity contribution in [1.82, 2.24) is 15.3 Å². The van der Waals surface area contributed by atoms with Gasteiger partial charge in [0.2, 0.25) is 0 Å². The van der Waals surface area contributed by atoms with E-state index in [9.17, 15) is 4.79 Å². The van der Waals surface area contributed by atoms with Crippen molar-refractivity contribution in [1.29, 1.82) is 0 Å². The second-order valence-corrected chi connectivity index (χ2v) is 7.48. The molecule has 2 aromatic heterocycles. The molecule has 1 unspecified atom stereocenters. The summed E-state index contributed by atoms with van der Waals surface area (Å²) >= 11 is 1.55. The number of nitrogens with one attached hydrogen (secondary N) is 1. The number of carbonyl (C=O) groups is 1. The second kappa shape index (κ2) is 7.39. The van der Waals surface area contributed by atoms with E-state index < -0.39 is 0 Å². The highest BCUT2D eigenvalue weighted by molar-refractivity contribution is 7.08. The maximum absolute atomic E-state index is 12.3. The first-order valence-corrected chi connectivity index (χ1v) is 9.89. The number of carbonyl (C=O) groups excluding carboxylic acids is 1. The van der Waals surface area contributed by atoms with E-state index in [1.165, 1.54) is 12.8 Å². The maximum atomic E-state index is 12.3. The molecular formula is C18H23N5OS. The fourth-order valence-electron chi connectivity index (χ4n) is 3.59. The summed E-state index contributed by atoms with van der Waals surface area (Å²) in [5.41, 5.74) is 0.750. The molecule has 1 amide bonds. The van der Waals surface area contributed by atoms with Crippen LogP contribution in [0, 0.1) is 0 Å². The van der Waals surface area contributed by atoms with Gasteiger partial charge in [-0.2, -0.15) is 11.3 Å². The first-order chi connectivity index (χ1) is 12.3. The van der Waals surface area contributed by atoms with Crippen molar-refractivity contribution < 1.29 is 4.79 Å². The molecule has 2 aliphatic rings. The number of anilines is 2. The van der Waals surface area contributed by atoms with Crippen molar-refractivity contribution in [2.75, 3.05) is 36.0 Å². The standard InChI is InChI=1S/C18H23N5OS/c24-18(14-5-9-25-12-14)21-15-4-3-8-23(11-15)17-10-16(19-13-20-17)22-6-1-2-7-22/h5,9-10,12-13,15H,1-4,6-8,11H2,(H,21,24). The van der Waals surface area contributed by atoms with Gasteiger partial charge in [0.15, 0.2) is 0 Å². The molecule has 25 heavy (non-hydrogen) atoms. The van der Waals surface area contributed by atoms with Crippen LogP contribution in [0.25, 0.3) is 0 Å². The molecular weight excluding hydrogens is 334 g/mol. The van der Waals surface area contributed by atoms with Gasteiger partial charge in [0.05, 0.1) is 0 Å². The Morgan fingerprint density at radius 2 is 1.88 bits per heavy atom. The van der Waals surface area contributed by atoms with Crippen LogP contribution in [0.1, 0.15) is 36.0 Å². The van der Waals surface area contributed by atoms with Crippen LogP contribution in [0.3, 0.4) is 0 Å². The zero-order chi connectivity index (χ0) is 17.1. The SMILES string of the molecule is O=C(NC1CCCN(c2cc(N3CCCC3)ncn2)C1)c1ccsc1. The zero-order valence-corrected chi connectivity index (χ0v) is 15.0. The summed E-state index contributed by atoms with van der Waals surface area (Å²) in [7, 11) is 0. The highest BCUT2D eigenvalue weighted by Crippen LogP contribution is 2.23. The molecule has 0 spiro atoms. The molecule has 0 aromatic carbocycles. The van der Waals surface area contributed by atoms with Gasteiger partial charge in [-0.05, 0) is 37.1 Å². The third-order valence-electron chi connectivity index (χ3n) is 4.93. The summed E-state index contributed by atoms with van der Waals surface area (Å²) in [6.07, 6.45) is 6.20. The van der Waals surface area contributed by atoms with Gasteiger partial charge in [-0.3, -0.25) is 4.79 Å². The van der Waals surface area contributed by atoms with Gasteiger partial charge in [-0.25, -0.2) is 9.97 Å². The van der Waals surface area contributed by atoms with E-state index in [-0.39, 0.29) is 11.9 Å². The molecule has 132 valence electrons. The van der Waals surface area contributed by atoms with E-state index in [0.29, 0.717) is 0 Å². The monoisotopic (exact) mass is 357 g/mol. The maximum Gasteiger partial charge on any atom is 0.252 e. The highest BCUT2D eigenvalue weighted by atomic mass is 32.1. The summed E-state index contributed by atoms with van der Waals surface area (Å²) in [5, 5.41) is 6.99. The molecule has 7 heteroatoms. The number of nitrogens with zero attached hydrogens (tertiary/aromatic N) is 4. The predicted octanol–water partition coefficient (Wildman–Crippen LogP) is 2.54. The van der Waals surface area contributed by atoms with Gasteiger partial charge in [0.1, 0.15) is 18.0 Å². The van der Waals surface area contributed by atoms with Crippen LogP contribution < -0.4 is 15.1 Å². The minimum absolute atomic E-state index is 0.0218. The number of piperidine rings is 1. The Bertz CT molecular complexity index is 714. The Balaban J connectivity index is 1.42. The van der Waals surface area contributed by atoms with E-state index in [4.69, 9.17) is 0 Å². The van der Waals surface area contributed by atoms with Crippen molar-refractivity contribution >= 4 is 28.9 Å². The third-order valence-corrected chi connectivity index (χ3v) is 5.62. The van der Waals surface area contributed by atoms with E-state index >= 15 is 0 Å². The molecule has 2 aromatic rings. The molecule has 2 fully saturated rings. The number of hydrogen-bond donors (Lipinski definition) is 1. The van der Waals surface area contributed by atoms with E-state index in [0.717, 1.165) is 56.2 Å². The second-order valence-electron chi connectivity index (χ2n) is 6.70. The Hall–Kier alpha value is -2.15. The minimum Gasteiger partial charge on any atom is -0.356 e. The summed E-state index contributed by atoms with van der Waals surface area (Å²) in [6, 6.07) is 4.12. The molecule has 1 N–H and O–H groups in total. The largest absolute Gasteiger partial charge is 0.356 e. The van der Waals surface area contributed by atoms with Crippen LogP contribution in [0.4, 0.5) is 11.6 Å². The number of aromatic nitrogens is 2. The molecule has 0 aliphatic carbocycles. The lowest BCUT2D eigenvalue weighted by Gasteiger charge is -2.34. The Labute approximate surface area is 151 Å². The quantitative estimate of drug-likeness (QED) is 0.911. The summed E-state index contributed by atoms with van der Waals surface area (Å²) in [6.45, 7) is 3.93. The zero-order valence-electron chi connectivity index (χ0n) is 14.2. The van der Waals surface area contributed by atoms with E-state index in [2.05, 4.69) is 31.2 Å². The van der Waals surface area contributed by atoms with Crippen LogP contribution >= 0.6 is 11.3 Å². The fraction of sp³-hybridized carbons (Fsp3) is 0.500. The van der Waals surface area contributed by atoms with Gasteiger partial charge >= 0.3 is 0 Å². The van der Waals surface area contributed by atoms with Crippen molar-refractivity contribution in [3.63, 3.8) is 0 Å². The van der Waals surface area contributed by atoms with Crippen molar-refractivity contribution in [3.05, 3.63) is 34.8 Å². The number of hydrogen-bond acceptors (Lipinski definition) is 6. The molecule has 0 saturated carbocycles. The Morgan fingerprint density at radius 3 is 2.64 bits per heavy atom. The van der Waals surface area contributed by atoms with Crippen LogP contribution in [0.15, 0.2) is 29.2 Å². The van der Waals surface area contributed by atoms with Gasteiger partial charge < -0.3 is 15.1 Å². The predicted molar refractivity (Wildman–Crippen MR) is 100 cm³/mol. The molecule has 6 nitrogen and oxygen atoms in total. The molecule has 2 aliphatic heterocycles. The topological polar surface area (TPSA) is 61.4 Å². The fourth-order valence-corrected chi connectivity index (χ4v) is 4.23. The number of thiophene rings is 1. The lowest BCUT2D eigenvalue weighted by atomic mass is 10.1. The molecule has 0 bridgehead atoms. The smallest absolute Gasteiger partial charge is 0.252 e. The Morgan fingerprint density at radius 1 is 1.12 bits per heavy atom. The van der Waals surface area contributed by atoms with Gasteiger partial charge in [0.25, 0.3) is 5.91 Å². The van der Waals surface area contributed by atoms with Gasteiger partial charge in [0, 0.05) is 49.2 Å². The lowest BCUT2D eigenvalue weighted by Crippen LogP contribution is -2.48. The highest BCUT2D eigenvalue weighted by Gasteiger charge is 2.24. The van der Waals surface area contributed by atoms with Crippen LogP contribution in [-0.2, 0) is 0 Å².